The Morgan fingerprint density at radius 2 is 2.12 bits per heavy atom. The summed E-state index contributed by atoms with van der Waals surface area (Å²) in [5.74, 6) is 0.0865. The van der Waals surface area contributed by atoms with Crippen molar-refractivity contribution in [3.8, 4) is 0 Å². The molecule has 0 aliphatic heterocycles. The zero-order valence-corrected chi connectivity index (χ0v) is 14.8. The monoisotopic (exact) mass is 348 g/mol. The first-order chi connectivity index (χ1) is 11.8. The lowest BCUT2D eigenvalue weighted by Crippen LogP contribution is -2.28. The fourth-order valence-electron chi connectivity index (χ4n) is 2.28. The Bertz CT molecular complexity index is 709. The van der Waals surface area contributed by atoms with Gasteiger partial charge in [0.05, 0.1) is 11.4 Å². The minimum absolute atomic E-state index is 0.0867. The fraction of sp³-hybridized carbons (Fsp3) is 0.444. The van der Waals surface area contributed by atoms with E-state index in [0.717, 1.165) is 12.0 Å². The second-order valence-corrected chi connectivity index (χ2v) is 7.03. The molecule has 0 radical (unpaired) electrons. The molecule has 2 rings (SSSR count). The van der Waals surface area contributed by atoms with E-state index >= 15 is 0 Å². The van der Waals surface area contributed by atoms with Crippen molar-refractivity contribution in [2.75, 3.05) is 22.9 Å². The number of aldehydes is 1. The minimum atomic E-state index is -0.475. The van der Waals surface area contributed by atoms with E-state index in [1.807, 2.05) is 6.07 Å². The van der Waals surface area contributed by atoms with Crippen molar-refractivity contribution >= 4 is 23.5 Å². The largest absolute Gasteiger partial charge is 0.396 e. The Kier molecular flexibility index (Phi) is 6.01. The summed E-state index contributed by atoms with van der Waals surface area (Å²) < 4.78 is 18.9. The second kappa shape index (κ2) is 8.00. The van der Waals surface area contributed by atoms with Crippen LogP contribution in [0.15, 0.2) is 28.8 Å². The third-order valence-electron chi connectivity index (χ3n) is 3.81. The number of carbonyl (C=O) groups excluding carboxylic acids is 1. The standard InChI is InChI=1S/C18H25FN4O2/c1-18(2,3)16-10-17(25-23-16)21-11-13(5-4-8-24)22-12-6-7-15(20)14(19)9-12/h6-10,13,21-22H,4-5,11,20H2,1-3H3/t13-/m0/s1. The lowest BCUT2D eigenvalue weighted by molar-refractivity contribution is -0.107. The molecule has 4 N–H and O–H groups in total. The predicted octanol–water partition coefficient (Wildman–Crippen LogP) is 3.57. The number of carbonyl (C=O) groups is 1. The number of hydrogen-bond donors (Lipinski definition) is 3. The first-order valence-corrected chi connectivity index (χ1v) is 8.26. The molecule has 1 heterocycles. The molecule has 0 spiro atoms. The van der Waals surface area contributed by atoms with Gasteiger partial charge in [-0.3, -0.25) is 0 Å². The number of halogens is 1. The van der Waals surface area contributed by atoms with Crippen LogP contribution < -0.4 is 16.4 Å². The van der Waals surface area contributed by atoms with Crippen LogP contribution in [0, 0.1) is 5.82 Å². The van der Waals surface area contributed by atoms with E-state index in [2.05, 4.69) is 36.6 Å². The van der Waals surface area contributed by atoms with Gasteiger partial charge in [-0.2, -0.15) is 0 Å². The van der Waals surface area contributed by atoms with Gasteiger partial charge in [0.25, 0.3) is 0 Å². The van der Waals surface area contributed by atoms with Crippen LogP contribution in [0.3, 0.4) is 0 Å². The van der Waals surface area contributed by atoms with Crippen LogP contribution in [0.2, 0.25) is 0 Å². The lowest BCUT2D eigenvalue weighted by Gasteiger charge is -2.19. The highest BCUT2D eigenvalue weighted by Crippen LogP contribution is 2.24. The second-order valence-electron chi connectivity index (χ2n) is 7.03. The molecule has 7 heteroatoms. The molecule has 25 heavy (non-hydrogen) atoms. The highest BCUT2D eigenvalue weighted by atomic mass is 19.1. The summed E-state index contributed by atoms with van der Waals surface area (Å²) in [6.07, 6.45) is 1.87. The number of benzene rings is 1. The summed E-state index contributed by atoms with van der Waals surface area (Å²) in [4.78, 5) is 10.7. The van der Waals surface area contributed by atoms with E-state index in [9.17, 15) is 9.18 Å². The van der Waals surface area contributed by atoms with Crippen molar-refractivity contribution in [3.63, 3.8) is 0 Å². The quantitative estimate of drug-likeness (QED) is 0.499. The number of nitrogen functional groups attached to an aromatic ring is 1. The highest BCUT2D eigenvalue weighted by molar-refractivity contribution is 5.54. The molecule has 0 saturated heterocycles. The van der Waals surface area contributed by atoms with Crippen LogP contribution >= 0.6 is 0 Å². The molecular formula is C18H25FN4O2. The van der Waals surface area contributed by atoms with E-state index in [4.69, 9.17) is 10.3 Å². The molecule has 136 valence electrons. The zero-order valence-electron chi connectivity index (χ0n) is 14.8. The van der Waals surface area contributed by atoms with Gasteiger partial charge in [0.1, 0.15) is 12.1 Å². The van der Waals surface area contributed by atoms with Crippen LogP contribution in [0.4, 0.5) is 21.6 Å². The molecule has 0 amide bonds. The summed E-state index contributed by atoms with van der Waals surface area (Å²) >= 11 is 0. The number of hydrogen-bond acceptors (Lipinski definition) is 6. The van der Waals surface area contributed by atoms with Crippen molar-refractivity contribution in [1.29, 1.82) is 0 Å². The van der Waals surface area contributed by atoms with Crippen molar-refractivity contribution in [2.45, 2.75) is 45.1 Å². The zero-order chi connectivity index (χ0) is 18.4. The molecule has 0 aliphatic rings. The van der Waals surface area contributed by atoms with Crippen molar-refractivity contribution in [2.24, 2.45) is 0 Å². The predicted molar refractivity (Wildman–Crippen MR) is 97.2 cm³/mol. The average molecular weight is 348 g/mol. The summed E-state index contributed by atoms with van der Waals surface area (Å²) in [5.41, 5.74) is 6.96. The van der Waals surface area contributed by atoms with Crippen molar-refractivity contribution in [3.05, 3.63) is 35.8 Å². The molecule has 0 unspecified atom stereocenters. The van der Waals surface area contributed by atoms with E-state index in [1.165, 1.54) is 12.1 Å². The maximum atomic E-state index is 13.6. The third-order valence-corrected chi connectivity index (χ3v) is 3.81. The molecule has 1 aromatic carbocycles. The van der Waals surface area contributed by atoms with Crippen LogP contribution in [-0.4, -0.2) is 24.0 Å². The van der Waals surface area contributed by atoms with E-state index in [0.29, 0.717) is 31.0 Å². The molecule has 0 fully saturated rings. The smallest absolute Gasteiger partial charge is 0.224 e. The molecule has 2 aromatic rings. The van der Waals surface area contributed by atoms with E-state index < -0.39 is 5.82 Å². The lowest BCUT2D eigenvalue weighted by atomic mass is 9.92. The van der Waals surface area contributed by atoms with Gasteiger partial charge in [-0.25, -0.2) is 4.39 Å². The number of nitrogens with two attached hydrogens (primary N) is 1. The fourth-order valence-corrected chi connectivity index (χ4v) is 2.28. The molecule has 1 atom stereocenters. The number of nitrogens with zero attached hydrogens (tertiary/aromatic N) is 1. The van der Waals surface area contributed by atoms with Gasteiger partial charge in [0.15, 0.2) is 0 Å². The third kappa shape index (κ3) is 5.48. The van der Waals surface area contributed by atoms with Gasteiger partial charge in [-0.1, -0.05) is 25.9 Å². The number of rotatable bonds is 8. The first-order valence-electron chi connectivity index (χ1n) is 8.26. The SMILES string of the molecule is CC(C)(C)c1cc(NC[C@H](CCC=O)Nc2ccc(N)c(F)c2)on1. The Morgan fingerprint density at radius 1 is 1.36 bits per heavy atom. The van der Waals surface area contributed by atoms with Gasteiger partial charge < -0.3 is 25.7 Å². The molecule has 1 aromatic heterocycles. The Morgan fingerprint density at radius 3 is 2.72 bits per heavy atom. The topological polar surface area (TPSA) is 93.2 Å². The summed E-state index contributed by atoms with van der Waals surface area (Å²) in [5, 5.41) is 10.4. The number of nitrogens with one attached hydrogen (secondary N) is 2. The molecule has 0 bridgehead atoms. The van der Waals surface area contributed by atoms with Gasteiger partial charge >= 0.3 is 0 Å². The minimum Gasteiger partial charge on any atom is -0.396 e. The number of aromatic nitrogens is 1. The first kappa shape index (κ1) is 18.8. The van der Waals surface area contributed by atoms with Gasteiger partial charge in [0.2, 0.25) is 5.88 Å². The summed E-state index contributed by atoms with van der Waals surface area (Å²) in [6.45, 7) is 6.66. The maximum Gasteiger partial charge on any atom is 0.224 e. The Balaban J connectivity index is 2.00. The summed E-state index contributed by atoms with van der Waals surface area (Å²) in [7, 11) is 0. The van der Waals surface area contributed by atoms with Crippen LogP contribution in [0.1, 0.15) is 39.3 Å². The van der Waals surface area contributed by atoms with E-state index in [-0.39, 0.29) is 17.1 Å². The Hall–Kier alpha value is -2.57. The maximum absolute atomic E-state index is 13.6. The van der Waals surface area contributed by atoms with E-state index in [1.54, 1.807) is 6.07 Å². The van der Waals surface area contributed by atoms with Crippen molar-refractivity contribution < 1.29 is 13.7 Å². The normalized spacial score (nSPS) is 12.6. The average Bonchev–Trinajstić information content (AvgIpc) is 3.02. The van der Waals surface area contributed by atoms with Crippen LogP contribution in [-0.2, 0) is 10.2 Å². The van der Waals surface area contributed by atoms with Crippen molar-refractivity contribution in [1.82, 2.24) is 5.16 Å². The number of anilines is 3. The van der Waals surface area contributed by atoms with Gasteiger partial charge in [-0.15, -0.1) is 0 Å². The van der Waals surface area contributed by atoms with Gasteiger partial charge in [0, 0.05) is 36.2 Å². The molecule has 0 aliphatic carbocycles. The molecule has 6 nitrogen and oxygen atoms in total. The van der Waals surface area contributed by atoms with Gasteiger partial charge in [-0.05, 0) is 24.6 Å². The summed E-state index contributed by atoms with van der Waals surface area (Å²) in [6, 6.07) is 6.33. The van der Waals surface area contributed by atoms with Crippen LogP contribution in [0.25, 0.3) is 0 Å². The highest BCUT2D eigenvalue weighted by Gasteiger charge is 2.19. The molecule has 0 saturated carbocycles. The van der Waals surface area contributed by atoms with Crippen LogP contribution in [0.5, 0.6) is 0 Å². The Labute approximate surface area is 147 Å². The molecular weight excluding hydrogens is 323 g/mol.